The molecule has 2 unspecified atom stereocenters. The van der Waals surface area contributed by atoms with Crippen LogP contribution in [0.4, 0.5) is 0 Å². The second-order valence-corrected chi connectivity index (χ2v) is 4.08. The highest BCUT2D eigenvalue weighted by Gasteiger charge is 2.16. The number of nitrogens with two attached hydrogens (primary N) is 1. The maximum absolute atomic E-state index is 10.6. The van der Waals surface area contributed by atoms with E-state index in [4.69, 9.17) is 10.8 Å². The van der Waals surface area contributed by atoms with E-state index in [0.29, 0.717) is 6.42 Å². The Bertz CT molecular complexity index is 271. The fourth-order valence-electron chi connectivity index (χ4n) is 1.10. The van der Waals surface area contributed by atoms with Crippen LogP contribution in [0.5, 0.6) is 0 Å². The molecular formula is C9H13NO2S. The Labute approximate surface area is 81.2 Å². The van der Waals surface area contributed by atoms with Crippen LogP contribution in [0.3, 0.4) is 0 Å². The number of carboxylic acid groups (broad SMARTS) is 1. The summed E-state index contributed by atoms with van der Waals surface area (Å²) in [6.07, 6.45) is 0.496. The molecular weight excluding hydrogens is 186 g/mol. The van der Waals surface area contributed by atoms with Crippen molar-refractivity contribution >= 4 is 17.3 Å². The first-order chi connectivity index (χ1) is 6.11. The molecule has 0 spiro atoms. The molecule has 1 rings (SSSR count). The first-order valence-corrected chi connectivity index (χ1v) is 5.01. The molecule has 0 amide bonds. The summed E-state index contributed by atoms with van der Waals surface area (Å²) in [5, 5.41) is 10.6. The number of carboxylic acids is 1. The third-order valence-corrected chi connectivity index (χ3v) is 2.94. The zero-order chi connectivity index (χ0) is 9.84. The molecule has 0 aliphatic carbocycles. The number of hydrogen-bond acceptors (Lipinski definition) is 3. The first kappa shape index (κ1) is 10.2. The third kappa shape index (κ3) is 2.82. The predicted molar refractivity (Wildman–Crippen MR) is 52.7 cm³/mol. The van der Waals surface area contributed by atoms with Gasteiger partial charge < -0.3 is 10.8 Å². The van der Waals surface area contributed by atoms with Crippen molar-refractivity contribution in [3.63, 3.8) is 0 Å². The minimum atomic E-state index is -0.785. The van der Waals surface area contributed by atoms with Crippen LogP contribution in [0.2, 0.25) is 0 Å². The van der Waals surface area contributed by atoms with Crippen molar-refractivity contribution in [2.24, 2.45) is 11.7 Å². The molecule has 0 aliphatic rings. The summed E-state index contributed by atoms with van der Waals surface area (Å²) in [4.78, 5) is 11.6. The van der Waals surface area contributed by atoms with Gasteiger partial charge in [-0.1, -0.05) is 13.0 Å². The molecule has 1 aromatic rings. The fourth-order valence-corrected chi connectivity index (χ4v) is 1.84. The zero-order valence-electron chi connectivity index (χ0n) is 7.43. The minimum absolute atomic E-state index is 0.147. The average molecular weight is 199 g/mol. The average Bonchev–Trinajstić information content (AvgIpc) is 2.55. The second kappa shape index (κ2) is 4.39. The summed E-state index contributed by atoms with van der Waals surface area (Å²) in [5.74, 6) is -1.16. The monoisotopic (exact) mass is 199 g/mol. The summed E-state index contributed by atoms with van der Waals surface area (Å²) in [7, 11) is 0. The summed E-state index contributed by atoms with van der Waals surface area (Å²) in [6.45, 7) is 1.68. The zero-order valence-corrected chi connectivity index (χ0v) is 8.25. The number of hydrogen-bond donors (Lipinski definition) is 2. The minimum Gasteiger partial charge on any atom is -0.481 e. The summed E-state index contributed by atoms with van der Waals surface area (Å²) in [6, 6.07) is 3.71. The number of rotatable bonds is 4. The topological polar surface area (TPSA) is 63.3 Å². The van der Waals surface area contributed by atoms with Gasteiger partial charge in [-0.3, -0.25) is 4.79 Å². The van der Waals surface area contributed by atoms with E-state index in [1.54, 1.807) is 18.3 Å². The summed E-state index contributed by atoms with van der Waals surface area (Å²) < 4.78 is 0. The van der Waals surface area contributed by atoms with E-state index in [2.05, 4.69) is 0 Å². The molecule has 0 bridgehead atoms. The molecule has 3 N–H and O–H groups in total. The van der Waals surface area contributed by atoms with Crippen LogP contribution in [0.1, 0.15) is 24.3 Å². The van der Waals surface area contributed by atoms with E-state index < -0.39 is 5.97 Å². The Kier molecular flexibility index (Phi) is 3.45. The van der Waals surface area contributed by atoms with Gasteiger partial charge in [0, 0.05) is 10.9 Å². The van der Waals surface area contributed by atoms with Gasteiger partial charge in [-0.25, -0.2) is 0 Å². The Morgan fingerprint density at radius 2 is 2.46 bits per heavy atom. The quantitative estimate of drug-likeness (QED) is 0.778. The van der Waals surface area contributed by atoms with Gasteiger partial charge in [0.25, 0.3) is 0 Å². The fraction of sp³-hybridized carbons (Fsp3) is 0.444. The molecule has 0 saturated heterocycles. The van der Waals surface area contributed by atoms with Gasteiger partial charge >= 0.3 is 5.97 Å². The maximum Gasteiger partial charge on any atom is 0.306 e. The predicted octanol–water partition coefficient (Wildman–Crippen LogP) is 1.86. The van der Waals surface area contributed by atoms with Crippen LogP contribution in [0.25, 0.3) is 0 Å². The van der Waals surface area contributed by atoms with Gasteiger partial charge in [-0.05, 0) is 17.9 Å². The summed E-state index contributed by atoms with van der Waals surface area (Å²) in [5.41, 5.74) is 5.83. The van der Waals surface area contributed by atoms with Crippen molar-refractivity contribution in [1.29, 1.82) is 0 Å². The molecule has 3 nitrogen and oxygen atoms in total. The Morgan fingerprint density at radius 1 is 1.77 bits per heavy atom. The molecule has 2 atom stereocenters. The van der Waals surface area contributed by atoms with Crippen molar-refractivity contribution in [1.82, 2.24) is 0 Å². The molecule has 72 valence electrons. The summed E-state index contributed by atoms with van der Waals surface area (Å²) >= 11 is 1.57. The Balaban J connectivity index is 2.51. The van der Waals surface area contributed by atoms with E-state index in [9.17, 15) is 4.79 Å². The Morgan fingerprint density at radius 3 is 2.92 bits per heavy atom. The van der Waals surface area contributed by atoms with Crippen LogP contribution >= 0.6 is 11.3 Å². The van der Waals surface area contributed by atoms with Crippen LogP contribution in [-0.2, 0) is 4.79 Å². The molecule has 13 heavy (non-hydrogen) atoms. The third-order valence-electron chi connectivity index (χ3n) is 1.94. The molecule has 0 aromatic carbocycles. The van der Waals surface area contributed by atoms with Crippen LogP contribution in [0.15, 0.2) is 17.5 Å². The van der Waals surface area contributed by atoms with Crippen LogP contribution in [0, 0.1) is 5.92 Å². The van der Waals surface area contributed by atoms with Crippen molar-refractivity contribution in [3.05, 3.63) is 22.4 Å². The van der Waals surface area contributed by atoms with E-state index in [1.807, 2.05) is 17.5 Å². The first-order valence-electron chi connectivity index (χ1n) is 4.13. The maximum atomic E-state index is 10.6. The lowest BCUT2D eigenvalue weighted by molar-refractivity contribution is -0.141. The smallest absolute Gasteiger partial charge is 0.306 e. The highest BCUT2D eigenvalue weighted by atomic mass is 32.1. The number of aliphatic carboxylic acids is 1. The standard InChI is InChI=1S/C9H13NO2S/c1-6(9(11)12)5-7(10)8-3-2-4-13-8/h2-4,6-7H,5,10H2,1H3,(H,11,12). The van der Waals surface area contributed by atoms with E-state index in [-0.39, 0.29) is 12.0 Å². The lowest BCUT2D eigenvalue weighted by Crippen LogP contribution is -2.18. The molecule has 0 aliphatic heterocycles. The molecule has 1 aromatic heterocycles. The normalized spacial score (nSPS) is 15.2. The van der Waals surface area contributed by atoms with Crippen molar-refractivity contribution in [2.45, 2.75) is 19.4 Å². The van der Waals surface area contributed by atoms with E-state index >= 15 is 0 Å². The second-order valence-electron chi connectivity index (χ2n) is 3.10. The van der Waals surface area contributed by atoms with Crippen LogP contribution < -0.4 is 5.73 Å². The highest BCUT2D eigenvalue weighted by molar-refractivity contribution is 7.10. The largest absolute Gasteiger partial charge is 0.481 e. The molecule has 1 heterocycles. The van der Waals surface area contributed by atoms with Gasteiger partial charge in [0.2, 0.25) is 0 Å². The lowest BCUT2D eigenvalue weighted by atomic mass is 10.0. The number of thiophene rings is 1. The van der Waals surface area contributed by atoms with Crippen molar-refractivity contribution < 1.29 is 9.90 Å². The van der Waals surface area contributed by atoms with Crippen LogP contribution in [-0.4, -0.2) is 11.1 Å². The highest BCUT2D eigenvalue weighted by Crippen LogP contribution is 2.22. The van der Waals surface area contributed by atoms with Gasteiger partial charge in [0.15, 0.2) is 0 Å². The van der Waals surface area contributed by atoms with Gasteiger partial charge in [0.1, 0.15) is 0 Å². The van der Waals surface area contributed by atoms with Gasteiger partial charge in [-0.2, -0.15) is 0 Å². The van der Waals surface area contributed by atoms with Gasteiger partial charge in [-0.15, -0.1) is 11.3 Å². The van der Waals surface area contributed by atoms with Crippen molar-refractivity contribution in [2.75, 3.05) is 0 Å². The van der Waals surface area contributed by atoms with E-state index in [1.165, 1.54) is 0 Å². The SMILES string of the molecule is CC(CC(N)c1cccs1)C(=O)O. The van der Waals surface area contributed by atoms with E-state index in [0.717, 1.165) is 4.88 Å². The molecule has 4 heteroatoms. The molecule has 0 saturated carbocycles. The molecule has 0 fully saturated rings. The molecule has 0 radical (unpaired) electrons. The number of carbonyl (C=O) groups is 1. The Hall–Kier alpha value is -0.870. The lowest BCUT2D eigenvalue weighted by Gasteiger charge is -2.12. The van der Waals surface area contributed by atoms with Gasteiger partial charge in [0.05, 0.1) is 5.92 Å². The van der Waals surface area contributed by atoms with Crippen molar-refractivity contribution in [3.8, 4) is 0 Å².